The molecule has 0 radical (unpaired) electrons. The molecule has 0 aromatic carbocycles. The van der Waals surface area contributed by atoms with E-state index in [1.807, 2.05) is 4.90 Å². The van der Waals surface area contributed by atoms with Gasteiger partial charge in [-0.3, -0.25) is 14.5 Å². The number of carbonyl (C=O) groups excluding carboxylic acids is 2. The zero-order valence-electron chi connectivity index (χ0n) is 13.4. The first-order valence-corrected chi connectivity index (χ1v) is 7.40. The van der Waals surface area contributed by atoms with Gasteiger partial charge in [-0.15, -0.1) is 0 Å². The minimum Gasteiger partial charge on any atom is -0.465 e. The second kappa shape index (κ2) is 9.08. The Kier molecular flexibility index (Phi) is 8.65. The van der Waals surface area contributed by atoms with Crippen LogP contribution in [0.1, 0.15) is 47.5 Å². The van der Waals surface area contributed by atoms with Crippen LogP contribution in [-0.4, -0.2) is 54.1 Å². The Labute approximate surface area is 122 Å². The number of aliphatic hydroxyl groups is 1. The maximum absolute atomic E-state index is 12.4. The van der Waals surface area contributed by atoms with Crippen molar-refractivity contribution >= 4 is 11.8 Å². The standard InChI is InChI=1S/C15H29NO4/c1-6-12(7-2)16(9-10-17)11-13(18)15(4,5)14(19)20-8-3/h12,17H,6-11H2,1-5H3. The Hall–Kier alpha value is -0.940. The molecule has 0 heterocycles. The van der Waals surface area contributed by atoms with E-state index in [-0.39, 0.29) is 31.6 Å². The molecule has 5 nitrogen and oxygen atoms in total. The molecule has 5 heteroatoms. The minimum absolute atomic E-state index is 0.00359. The van der Waals surface area contributed by atoms with Gasteiger partial charge in [-0.1, -0.05) is 13.8 Å². The van der Waals surface area contributed by atoms with Crippen LogP contribution in [0.5, 0.6) is 0 Å². The zero-order chi connectivity index (χ0) is 15.8. The van der Waals surface area contributed by atoms with Crippen LogP contribution in [0.3, 0.4) is 0 Å². The fourth-order valence-corrected chi connectivity index (χ4v) is 2.13. The number of Topliss-reactive ketones (excluding diaryl/α,β-unsaturated/α-hetero) is 1. The average Bonchev–Trinajstić information content (AvgIpc) is 2.40. The summed E-state index contributed by atoms with van der Waals surface area (Å²) in [7, 11) is 0. The van der Waals surface area contributed by atoms with Crippen LogP contribution in [0.4, 0.5) is 0 Å². The lowest BCUT2D eigenvalue weighted by molar-refractivity contribution is -0.158. The van der Waals surface area contributed by atoms with Crippen molar-refractivity contribution in [3.8, 4) is 0 Å². The van der Waals surface area contributed by atoms with E-state index in [9.17, 15) is 9.59 Å². The summed E-state index contributed by atoms with van der Waals surface area (Å²) in [6, 6.07) is 0.240. The predicted octanol–water partition coefficient (Wildman–Crippen LogP) is 1.63. The Balaban J connectivity index is 4.86. The first kappa shape index (κ1) is 19.1. The molecule has 118 valence electrons. The number of hydrogen-bond acceptors (Lipinski definition) is 5. The number of esters is 1. The SMILES string of the molecule is CCOC(=O)C(C)(C)C(=O)CN(CCO)C(CC)CC. The van der Waals surface area contributed by atoms with Gasteiger partial charge in [0.25, 0.3) is 0 Å². The van der Waals surface area contributed by atoms with Crippen molar-refractivity contribution in [2.24, 2.45) is 5.41 Å². The highest BCUT2D eigenvalue weighted by Crippen LogP contribution is 2.21. The molecule has 0 amide bonds. The lowest BCUT2D eigenvalue weighted by atomic mass is 9.87. The Morgan fingerprint density at radius 2 is 1.75 bits per heavy atom. The molecular weight excluding hydrogens is 258 g/mol. The molecule has 0 atom stereocenters. The smallest absolute Gasteiger partial charge is 0.319 e. The van der Waals surface area contributed by atoms with E-state index >= 15 is 0 Å². The highest BCUT2D eigenvalue weighted by atomic mass is 16.5. The summed E-state index contributed by atoms with van der Waals surface area (Å²) in [5.74, 6) is -0.658. The van der Waals surface area contributed by atoms with E-state index in [1.54, 1.807) is 20.8 Å². The zero-order valence-corrected chi connectivity index (χ0v) is 13.4. The van der Waals surface area contributed by atoms with Gasteiger partial charge in [0, 0.05) is 12.6 Å². The largest absolute Gasteiger partial charge is 0.465 e. The highest BCUT2D eigenvalue weighted by Gasteiger charge is 2.38. The lowest BCUT2D eigenvalue weighted by Gasteiger charge is -2.31. The van der Waals surface area contributed by atoms with E-state index in [0.29, 0.717) is 6.54 Å². The normalized spacial score (nSPS) is 12.0. The van der Waals surface area contributed by atoms with Crippen LogP contribution in [0.15, 0.2) is 0 Å². The van der Waals surface area contributed by atoms with Crippen molar-refractivity contribution in [1.29, 1.82) is 0 Å². The first-order chi connectivity index (χ1) is 9.34. The van der Waals surface area contributed by atoms with Gasteiger partial charge in [0.15, 0.2) is 5.78 Å². The van der Waals surface area contributed by atoms with E-state index in [1.165, 1.54) is 0 Å². The van der Waals surface area contributed by atoms with Gasteiger partial charge >= 0.3 is 5.97 Å². The molecule has 20 heavy (non-hydrogen) atoms. The number of hydrogen-bond donors (Lipinski definition) is 1. The summed E-state index contributed by atoms with van der Waals surface area (Å²) in [5.41, 5.74) is -1.14. The van der Waals surface area contributed by atoms with Crippen LogP contribution in [0, 0.1) is 5.41 Å². The Bertz CT molecular complexity index is 311. The third-order valence-electron chi connectivity index (χ3n) is 3.68. The van der Waals surface area contributed by atoms with Crippen LogP contribution >= 0.6 is 0 Å². The molecule has 0 aliphatic rings. The molecule has 0 spiro atoms. The number of carbonyl (C=O) groups is 2. The summed E-state index contributed by atoms with van der Waals surface area (Å²) in [6.07, 6.45) is 1.81. The Morgan fingerprint density at radius 1 is 1.20 bits per heavy atom. The molecule has 0 aliphatic heterocycles. The quantitative estimate of drug-likeness (QED) is 0.488. The van der Waals surface area contributed by atoms with Crippen molar-refractivity contribution < 1.29 is 19.4 Å². The Morgan fingerprint density at radius 3 is 2.15 bits per heavy atom. The summed E-state index contributed by atoms with van der Waals surface area (Å²) < 4.78 is 4.95. The summed E-state index contributed by atoms with van der Waals surface area (Å²) in [6.45, 7) is 9.90. The topological polar surface area (TPSA) is 66.8 Å². The number of nitrogens with zero attached hydrogens (tertiary/aromatic N) is 1. The monoisotopic (exact) mass is 287 g/mol. The minimum atomic E-state index is -1.14. The molecule has 0 aromatic heterocycles. The van der Waals surface area contributed by atoms with Gasteiger partial charge < -0.3 is 9.84 Å². The van der Waals surface area contributed by atoms with Crippen molar-refractivity contribution in [2.45, 2.75) is 53.5 Å². The molecule has 0 fully saturated rings. The van der Waals surface area contributed by atoms with E-state index in [4.69, 9.17) is 9.84 Å². The number of aliphatic hydroxyl groups excluding tert-OH is 1. The van der Waals surface area contributed by atoms with E-state index in [0.717, 1.165) is 12.8 Å². The lowest BCUT2D eigenvalue weighted by Crippen LogP contribution is -2.46. The molecule has 1 N–H and O–H groups in total. The van der Waals surface area contributed by atoms with Gasteiger partial charge in [-0.2, -0.15) is 0 Å². The van der Waals surface area contributed by atoms with E-state index in [2.05, 4.69) is 13.8 Å². The second-order valence-corrected chi connectivity index (χ2v) is 5.43. The fourth-order valence-electron chi connectivity index (χ4n) is 2.13. The maximum atomic E-state index is 12.4. The molecule has 0 aromatic rings. The number of ketones is 1. The highest BCUT2D eigenvalue weighted by molar-refractivity contribution is 6.03. The van der Waals surface area contributed by atoms with Gasteiger partial charge in [-0.25, -0.2) is 0 Å². The van der Waals surface area contributed by atoms with Gasteiger partial charge in [0.2, 0.25) is 0 Å². The second-order valence-electron chi connectivity index (χ2n) is 5.43. The molecule has 0 rings (SSSR count). The number of rotatable bonds is 10. The molecular formula is C15H29NO4. The van der Waals surface area contributed by atoms with Gasteiger partial charge in [-0.05, 0) is 33.6 Å². The van der Waals surface area contributed by atoms with Crippen LogP contribution < -0.4 is 0 Å². The third kappa shape index (κ3) is 5.21. The molecule has 0 unspecified atom stereocenters. The molecule has 0 aliphatic carbocycles. The molecule has 0 saturated carbocycles. The van der Waals surface area contributed by atoms with Crippen LogP contribution in [0.2, 0.25) is 0 Å². The van der Waals surface area contributed by atoms with E-state index < -0.39 is 11.4 Å². The molecule has 0 bridgehead atoms. The summed E-state index contributed by atoms with van der Waals surface area (Å²) in [5, 5.41) is 9.14. The van der Waals surface area contributed by atoms with Crippen molar-refractivity contribution in [3.05, 3.63) is 0 Å². The number of ether oxygens (including phenoxy) is 1. The van der Waals surface area contributed by atoms with Crippen molar-refractivity contribution in [1.82, 2.24) is 4.90 Å². The maximum Gasteiger partial charge on any atom is 0.319 e. The summed E-state index contributed by atoms with van der Waals surface area (Å²) >= 11 is 0. The average molecular weight is 287 g/mol. The first-order valence-electron chi connectivity index (χ1n) is 7.40. The fraction of sp³-hybridized carbons (Fsp3) is 0.867. The van der Waals surface area contributed by atoms with Crippen LogP contribution in [0.25, 0.3) is 0 Å². The van der Waals surface area contributed by atoms with Gasteiger partial charge in [0.1, 0.15) is 5.41 Å². The van der Waals surface area contributed by atoms with Crippen LogP contribution in [-0.2, 0) is 14.3 Å². The predicted molar refractivity (Wildman–Crippen MR) is 78.4 cm³/mol. The summed E-state index contributed by atoms with van der Waals surface area (Å²) in [4.78, 5) is 26.2. The molecule has 0 saturated heterocycles. The van der Waals surface area contributed by atoms with Crippen molar-refractivity contribution in [2.75, 3.05) is 26.3 Å². The van der Waals surface area contributed by atoms with Crippen molar-refractivity contribution in [3.63, 3.8) is 0 Å². The van der Waals surface area contributed by atoms with Gasteiger partial charge in [0.05, 0.1) is 19.8 Å². The third-order valence-corrected chi connectivity index (χ3v) is 3.68.